The molecule has 0 radical (unpaired) electrons. The van der Waals surface area contributed by atoms with Crippen LogP contribution in [-0.2, 0) is 0 Å². The van der Waals surface area contributed by atoms with Crippen LogP contribution in [0.2, 0.25) is 0 Å². The monoisotopic (exact) mass is 236 g/mol. The molecule has 0 aromatic carbocycles. The van der Waals surface area contributed by atoms with Crippen molar-refractivity contribution in [2.45, 2.75) is 18.6 Å². The normalized spacial score (nSPS) is 12.2. The van der Waals surface area contributed by atoms with Crippen molar-refractivity contribution in [2.75, 3.05) is 31.4 Å². The molecule has 1 atom stereocenters. The van der Waals surface area contributed by atoms with Crippen molar-refractivity contribution in [1.82, 2.24) is 10.6 Å². The second-order valence-electron chi connectivity index (χ2n) is 3.03. The number of carbonyl (C=O) groups is 1. The van der Waals surface area contributed by atoms with Crippen LogP contribution in [0.25, 0.3) is 0 Å². The van der Waals surface area contributed by atoms with Crippen LogP contribution in [0.15, 0.2) is 0 Å². The van der Waals surface area contributed by atoms with Crippen molar-refractivity contribution >= 4 is 29.6 Å². The van der Waals surface area contributed by atoms with E-state index in [1.807, 2.05) is 6.26 Å². The summed E-state index contributed by atoms with van der Waals surface area (Å²) in [6.45, 7) is 3.59. The van der Waals surface area contributed by atoms with Crippen molar-refractivity contribution in [3.63, 3.8) is 0 Å². The highest BCUT2D eigenvalue weighted by molar-refractivity contribution is 7.99. The van der Waals surface area contributed by atoms with E-state index in [-0.39, 0.29) is 6.03 Å². The molecule has 0 spiro atoms. The summed E-state index contributed by atoms with van der Waals surface area (Å²) in [6.07, 6.45) is 5.15. The van der Waals surface area contributed by atoms with Gasteiger partial charge >= 0.3 is 6.03 Å². The van der Waals surface area contributed by atoms with Gasteiger partial charge in [-0.25, -0.2) is 4.79 Å². The maximum atomic E-state index is 11.2. The second kappa shape index (κ2) is 9.52. The highest BCUT2D eigenvalue weighted by Crippen LogP contribution is 2.02. The van der Waals surface area contributed by atoms with E-state index in [9.17, 15) is 4.79 Å². The number of thioether (sulfide) groups is 2. The molecule has 14 heavy (non-hydrogen) atoms. The Hall–Kier alpha value is -0.0300. The maximum Gasteiger partial charge on any atom is 0.314 e. The predicted octanol–water partition coefficient (Wildman–Crippen LogP) is 1.79. The quantitative estimate of drug-likeness (QED) is 0.662. The lowest BCUT2D eigenvalue weighted by molar-refractivity contribution is 0.241. The van der Waals surface area contributed by atoms with E-state index in [0.29, 0.717) is 5.25 Å². The first-order chi connectivity index (χ1) is 6.70. The second-order valence-corrected chi connectivity index (χ2v) is 5.29. The molecule has 0 bridgehead atoms. The number of rotatable bonds is 7. The summed E-state index contributed by atoms with van der Waals surface area (Å²) in [7, 11) is 0. The van der Waals surface area contributed by atoms with E-state index in [1.54, 1.807) is 23.5 Å². The number of hydrogen-bond donors (Lipinski definition) is 2. The first-order valence-corrected chi connectivity index (χ1v) is 7.42. The first-order valence-electron chi connectivity index (χ1n) is 4.74. The minimum absolute atomic E-state index is 0.0491. The number of urea groups is 1. The molecule has 0 aliphatic carbocycles. The fourth-order valence-corrected chi connectivity index (χ4v) is 1.48. The summed E-state index contributed by atoms with van der Waals surface area (Å²) < 4.78 is 0. The minimum Gasteiger partial charge on any atom is -0.338 e. The zero-order chi connectivity index (χ0) is 10.8. The fourth-order valence-electron chi connectivity index (χ4n) is 0.801. The van der Waals surface area contributed by atoms with Crippen LogP contribution >= 0.6 is 23.5 Å². The summed E-state index contributed by atoms with van der Waals surface area (Å²) in [5.41, 5.74) is 0. The third-order valence-corrected chi connectivity index (χ3v) is 3.43. The lowest BCUT2D eigenvalue weighted by Gasteiger charge is -2.10. The van der Waals surface area contributed by atoms with Crippen LogP contribution < -0.4 is 10.6 Å². The highest BCUT2D eigenvalue weighted by atomic mass is 32.2. The van der Waals surface area contributed by atoms with E-state index in [1.165, 1.54) is 0 Å². The van der Waals surface area contributed by atoms with Crippen molar-refractivity contribution in [3.8, 4) is 0 Å². The Balaban J connectivity index is 3.28. The Labute approximate surface area is 95.2 Å². The van der Waals surface area contributed by atoms with E-state index >= 15 is 0 Å². The van der Waals surface area contributed by atoms with Crippen LogP contribution in [0, 0.1) is 0 Å². The summed E-state index contributed by atoms with van der Waals surface area (Å²) in [4.78, 5) is 11.2. The molecule has 0 unspecified atom stereocenters. The number of nitrogens with one attached hydrogen (secondary N) is 2. The molecule has 5 heteroatoms. The largest absolute Gasteiger partial charge is 0.338 e. The molecule has 0 heterocycles. The van der Waals surface area contributed by atoms with E-state index in [4.69, 9.17) is 0 Å². The number of hydrogen-bond acceptors (Lipinski definition) is 3. The van der Waals surface area contributed by atoms with Crippen molar-refractivity contribution < 1.29 is 4.79 Å². The molecule has 0 saturated heterocycles. The smallest absolute Gasteiger partial charge is 0.314 e. The average molecular weight is 236 g/mol. The van der Waals surface area contributed by atoms with Crippen LogP contribution in [0.4, 0.5) is 4.79 Å². The van der Waals surface area contributed by atoms with E-state index in [0.717, 1.165) is 25.3 Å². The fraction of sp³-hybridized carbons (Fsp3) is 0.889. The molecule has 0 saturated carbocycles. The van der Waals surface area contributed by atoms with Gasteiger partial charge in [-0.1, -0.05) is 6.92 Å². The topological polar surface area (TPSA) is 41.1 Å². The zero-order valence-corrected chi connectivity index (χ0v) is 10.8. The van der Waals surface area contributed by atoms with Gasteiger partial charge < -0.3 is 10.6 Å². The summed E-state index contributed by atoms with van der Waals surface area (Å²) >= 11 is 3.55. The molecule has 0 aliphatic rings. The Bertz CT molecular complexity index is 156. The number of amides is 2. The first kappa shape index (κ1) is 14.0. The summed E-state index contributed by atoms with van der Waals surface area (Å²) in [6, 6.07) is -0.0491. The molecule has 0 aromatic heterocycles. The predicted molar refractivity (Wildman–Crippen MR) is 67.4 cm³/mol. The Kier molecular flexibility index (Phi) is 9.50. The average Bonchev–Trinajstić information content (AvgIpc) is 2.21. The lowest BCUT2D eigenvalue weighted by Crippen LogP contribution is -2.38. The molecule has 0 rings (SSSR count). The van der Waals surface area contributed by atoms with Gasteiger partial charge in [-0.3, -0.25) is 0 Å². The lowest BCUT2D eigenvalue weighted by atomic mass is 10.4. The Morgan fingerprint density at radius 1 is 1.36 bits per heavy atom. The number of carbonyl (C=O) groups excluding carboxylic acids is 1. The molecule has 3 nitrogen and oxygen atoms in total. The van der Waals surface area contributed by atoms with Crippen LogP contribution in [0.3, 0.4) is 0 Å². The van der Waals surface area contributed by atoms with Gasteiger partial charge in [0.2, 0.25) is 0 Å². The standard InChI is InChI=1S/C9H20N2OS2/c1-8(14-3)7-11-9(12)10-5-4-6-13-2/h8H,4-7H2,1-3H3,(H2,10,11,12)/t8-/m1/s1. The van der Waals surface area contributed by atoms with Crippen LogP contribution in [0.5, 0.6) is 0 Å². The van der Waals surface area contributed by atoms with Gasteiger partial charge in [-0.2, -0.15) is 23.5 Å². The van der Waals surface area contributed by atoms with Gasteiger partial charge in [0.1, 0.15) is 0 Å². The van der Waals surface area contributed by atoms with Crippen LogP contribution in [0.1, 0.15) is 13.3 Å². The van der Waals surface area contributed by atoms with Gasteiger partial charge in [-0.15, -0.1) is 0 Å². The maximum absolute atomic E-state index is 11.2. The molecule has 0 aromatic rings. The SMILES string of the molecule is CSCCCNC(=O)NC[C@@H](C)SC. The zero-order valence-electron chi connectivity index (χ0n) is 9.13. The molecule has 0 aliphatic heterocycles. The van der Waals surface area contributed by atoms with Crippen molar-refractivity contribution in [2.24, 2.45) is 0 Å². The van der Waals surface area contributed by atoms with Gasteiger partial charge in [0.25, 0.3) is 0 Å². The molecular weight excluding hydrogens is 216 g/mol. The summed E-state index contributed by atoms with van der Waals surface area (Å²) in [5.74, 6) is 1.10. The van der Waals surface area contributed by atoms with E-state index in [2.05, 4.69) is 23.8 Å². The van der Waals surface area contributed by atoms with Gasteiger partial charge in [0.05, 0.1) is 0 Å². The Morgan fingerprint density at radius 3 is 2.64 bits per heavy atom. The van der Waals surface area contributed by atoms with Crippen molar-refractivity contribution in [1.29, 1.82) is 0 Å². The van der Waals surface area contributed by atoms with Gasteiger partial charge in [0.15, 0.2) is 0 Å². The summed E-state index contributed by atoms with van der Waals surface area (Å²) in [5, 5.41) is 6.14. The molecule has 2 amide bonds. The minimum atomic E-state index is -0.0491. The van der Waals surface area contributed by atoms with Crippen LogP contribution in [-0.4, -0.2) is 42.6 Å². The van der Waals surface area contributed by atoms with Gasteiger partial charge in [-0.05, 0) is 24.7 Å². The molecule has 84 valence electrons. The molecule has 2 N–H and O–H groups in total. The van der Waals surface area contributed by atoms with Gasteiger partial charge in [0, 0.05) is 18.3 Å². The van der Waals surface area contributed by atoms with E-state index < -0.39 is 0 Å². The molecular formula is C9H20N2OS2. The van der Waals surface area contributed by atoms with Crippen molar-refractivity contribution in [3.05, 3.63) is 0 Å². The third-order valence-electron chi connectivity index (χ3n) is 1.76. The third kappa shape index (κ3) is 8.56. The molecule has 0 fully saturated rings. The Morgan fingerprint density at radius 2 is 2.07 bits per heavy atom. The highest BCUT2D eigenvalue weighted by Gasteiger charge is 2.02.